The van der Waals surface area contributed by atoms with Crippen LogP contribution in [0.3, 0.4) is 0 Å². The molecule has 0 amide bonds. The van der Waals surface area contributed by atoms with Crippen molar-refractivity contribution in [2.45, 2.75) is 57.9 Å². The molecule has 2 rings (SSSR count). The summed E-state index contributed by atoms with van der Waals surface area (Å²) in [6.45, 7) is 2.22. The van der Waals surface area contributed by atoms with E-state index < -0.39 is 6.36 Å². The summed E-state index contributed by atoms with van der Waals surface area (Å²) in [6.07, 6.45) is 2.64. The molecule has 0 radical (unpaired) electrons. The molecule has 5 heteroatoms. The fraction of sp³-hybridized carbons (Fsp3) is 0.625. The first kappa shape index (κ1) is 16.0. The largest absolute Gasteiger partial charge is 0.573 e. The van der Waals surface area contributed by atoms with Gasteiger partial charge in [-0.25, -0.2) is 0 Å². The molecular formula is C16H22F3NO. The predicted molar refractivity (Wildman–Crippen MR) is 77.4 cm³/mol. The van der Waals surface area contributed by atoms with Crippen LogP contribution in [0, 0.1) is 5.92 Å². The zero-order valence-electron chi connectivity index (χ0n) is 12.2. The van der Waals surface area contributed by atoms with E-state index in [0.717, 1.165) is 24.4 Å². The molecule has 21 heavy (non-hydrogen) atoms. The summed E-state index contributed by atoms with van der Waals surface area (Å²) in [5, 5.41) is 3.40. The van der Waals surface area contributed by atoms with Gasteiger partial charge in [0.05, 0.1) is 0 Å². The molecule has 1 N–H and O–H groups in total. The van der Waals surface area contributed by atoms with Gasteiger partial charge >= 0.3 is 6.36 Å². The number of rotatable bonds is 5. The van der Waals surface area contributed by atoms with Crippen LogP contribution in [0.15, 0.2) is 24.3 Å². The van der Waals surface area contributed by atoms with Crippen LogP contribution in [0.2, 0.25) is 0 Å². The minimum absolute atomic E-state index is 0.181. The van der Waals surface area contributed by atoms with Gasteiger partial charge in [-0.05, 0) is 55.9 Å². The van der Waals surface area contributed by atoms with Crippen LogP contribution in [0.1, 0.15) is 45.4 Å². The van der Waals surface area contributed by atoms with Gasteiger partial charge in [0.15, 0.2) is 0 Å². The third-order valence-electron chi connectivity index (χ3n) is 4.00. The fourth-order valence-corrected chi connectivity index (χ4v) is 2.99. The lowest BCUT2D eigenvalue weighted by Gasteiger charge is -2.29. The van der Waals surface area contributed by atoms with E-state index in [2.05, 4.69) is 17.0 Å². The average Bonchev–Trinajstić information content (AvgIpc) is 2.42. The summed E-state index contributed by atoms with van der Waals surface area (Å²) in [5.41, 5.74) is 0.850. The Hall–Kier alpha value is -1.39. The van der Waals surface area contributed by atoms with Crippen molar-refractivity contribution in [2.24, 2.45) is 5.92 Å². The molecule has 1 aliphatic rings. The van der Waals surface area contributed by atoms with Crippen molar-refractivity contribution < 1.29 is 17.9 Å². The molecule has 0 aromatic heterocycles. The second kappa shape index (κ2) is 7.05. The average molecular weight is 301 g/mol. The lowest BCUT2D eigenvalue weighted by molar-refractivity contribution is -0.274. The van der Waals surface area contributed by atoms with Gasteiger partial charge in [-0.15, -0.1) is 13.2 Å². The molecule has 1 aliphatic carbocycles. The van der Waals surface area contributed by atoms with Crippen molar-refractivity contribution in [3.63, 3.8) is 0 Å². The molecule has 1 aromatic carbocycles. The van der Waals surface area contributed by atoms with E-state index in [-0.39, 0.29) is 5.75 Å². The standard InChI is InChI=1S/C16H22F3NO/c1-2-3-12-4-6-13(7-5-12)20-14-8-10-15(11-9-14)21-16(17,18)19/h8-13,20H,2-7H2,1H3. The van der Waals surface area contributed by atoms with Crippen LogP contribution < -0.4 is 10.1 Å². The maximum Gasteiger partial charge on any atom is 0.573 e. The minimum atomic E-state index is -4.63. The molecule has 118 valence electrons. The van der Waals surface area contributed by atoms with Crippen molar-refractivity contribution >= 4 is 5.69 Å². The quantitative estimate of drug-likeness (QED) is 0.791. The zero-order chi connectivity index (χ0) is 15.3. The highest BCUT2D eigenvalue weighted by molar-refractivity contribution is 5.47. The second-order valence-corrected chi connectivity index (χ2v) is 5.72. The highest BCUT2D eigenvalue weighted by Crippen LogP contribution is 2.30. The monoisotopic (exact) mass is 301 g/mol. The third kappa shape index (κ3) is 5.48. The summed E-state index contributed by atoms with van der Waals surface area (Å²) in [7, 11) is 0. The topological polar surface area (TPSA) is 21.3 Å². The first-order valence-corrected chi connectivity index (χ1v) is 7.58. The molecular weight excluding hydrogens is 279 g/mol. The normalized spacial score (nSPS) is 22.9. The Morgan fingerprint density at radius 2 is 1.71 bits per heavy atom. The maximum atomic E-state index is 12.1. The number of hydrogen-bond acceptors (Lipinski definition) is 2. The Kier molecular flexibility index (Phi) is 5.37. The smallest absolute Gasteiger partial charge is 0.406 e. The molecule has 0 atom stereocenters. The van der Waals surface area contributed by atoms with E-state index in [1.54, 1.807) is 12.1 Å². The zero-order valence-corrected chi connectivity index (χ0v) is 12.2. The maximum absolute atomic E-state index is 12.1. The van der Waals surface area contributed by atoms with Crippen LogP contribution in [0.25, 0.3) is 0 Å². The Morgan fingerprint density at radius 3 is 2.24 bits per heavy atom. The number of anilines is 1. The van der Waals surface area contributed by atoms with E-state index in [0.29, 0.717) is 6.04 Å². The van der Waals surface area contributed by atoms with Gasteiger partial charge in [-0.2, -0.15) is 0 Å². The molecule has 2 nitrogen and oxygen atoms in total. The molecule has 0 aliphatic heterocycles. The fourth-order valence-electron chi connectivity index (χ4n) is 2.99. The number of alkyl halides is 3. The summed E-state index contributed by atoms with van der Waals surface area (Å²) in [5.74, 6) is 0.662. The molecule has 0 spiro atoms. The van der Waals surface area contributed by atoms with Gasteiger partial charge in [-0.1, -0.05) is 19.8 Å². The van der Waals surface area contributed by atoms with Crippen LogP contribution in [-0.4, -0.2) is 12.4 Å². The van der Waals surface area contributed by atoms with Gasteiger partial charge in [0.2, 0.25) is 0 Å². The first-order valence-electron chi connectivity index (χ1n) is 7.58. The summed E-state index contributed by atoms with van der Waals surface area (Å²) in [6, 6.07) is 6.39. The van der Waals surface area contributed by atoms with E-state index in [1.165, 1.54) is 37.8 Å². The van der Waals surface area contributed by atoms with Crippen molar-refractivity contribution in [3.05, 3.63) is 24.3 Å². The van der Waals surface area contributed by atoms with Gasteiger partial charge in [0, 0.05) is 11.7 Å². The molecule has 1 fully saturated rings. The number of hydrogen-bond donors (Lipinski definition) is 1. The highest BCUT2D eigenvalue weighted by Gasteiger charge is 2.31. The third-order valence-corrected chi connectivity index (χ3v) is 4.00. The molecule has 0 saturated heterocycles. The van der Waals surface area contributed by atoms with Gasteiger partial charge < -0.3 is 10.1 Å². The van der Waals surface area contributed by atoms with E-state index in [1.807, 2.05) is 0 Å². The molecule has 1 aromatic rings. The summed E-state index contributed by atoms with van der Waals surface area (Å²) in [4.78, 5) is 0. The van der Waals surface area contributed by atoms with Gasteiger partial charge in [0.1, 0.15) is 5.75 Å². The lowest BCUT2D eigenvalue weighted by atomic mass is 9.83. The minimum Gasteiger partial charge on any atom is -0.406 e. The van der Waals surface area contributed by atoms with Crippen molar-refractivity contribution in [1.29, 1.82) is 0 Å². The number of benzene rings is 1. The van der Waals surface area contributed by atoms with Crippen LogP contribution in [-0.2, 0) is 0 Å². The second-order valence-electron chi connectivity index (χ2n) is 5.72. The lowest BCUT2D eigenvalue weighted by Crippen LogP contribution is -2.26. The number of nitrogens with one attached hydrogen (secondary N) is 1. The van der Waals surface area contributed by atoms with E-state index >= 15 is 0 Å². The predicted octanol–water partition coefficient (Wildman–Crippen LogP) is 5.36. The van der Waals surface area contributed by atoms with E-state index in [4.69, 9.17) is 0 Å². The summed E-state index contributed by atoms with van der Waals surface area (Å²) >= 11 is 0. The number of ether oxygens (including phenoxy) is 1. The van der Waals surface area contributed by atoms with Crippen LogP contribution >= 0.6 is 0 Å². The van der Waals surface area contributed by atoms with Crippen LogP contribution in [0.5, 0.6) is 5.75 Å². The number of halogens is 3. The van der Waals surface area contributed by atoms with Crippen LogP contribution in [0.4, 0.5) is 18.9 Å². The van der Waals surface area contributed by atoms with Gasteiger partial charge in [-0.3, -0.25) is 0 Å². The first-order chi connectivity index (χ1) is 9.96. The Bertz CT molecular complexity index is 422. The Balaban J connectivity index is 1.81. The molecule has 0 heterocycles. The van der Waals surface area contributed by atoms with E-state index in [9.17, 15) is 13.2 Å². The van der Waals surface area contributed by atoms with Crippen molar-refractivity contribution in [3.8, 4) is 5.75 Å². The summed E-state index contributed by atoms with van der Waals surface area (Å²) < 4.78 is 40.1. The molecule has 0 unspecified atom stereocenters. The highest BCUT2D eigenvalue weighted by atomic mass is 19.4. The molecule has 0 bridgehead atoms. The van der Waals surface area contributed by atoms with Crippen molar-refractivity contribution in [2.75, 3.05) is 5.32 Å². The molecule has 1 saturated carbocycles. The van der Waals surface area contributed by atoms with Crippen molar-refractivity contribution in [1.82, 2.24) is 0 Å². The SMILES string of the molecule is CCCC1CCC(Nc2ccc(OC(F)(F)F)cc2)CC1. The van der Waals surface area contributed by atoms with Gasteiger partial charge in [0.25, 0.3) is 0 Å². The Labute approximate surface area is 123 Å². The Morgan fingerprint density at radius 1 is 1.10 bits per heavy atom.